The molecule has 2 aliphatic carbocycles. The number of likely N-dealkylation sites (N-methyl/N-ethyl adjacent to an activating group) is 1. The summed E-state index contributed by atoms with van der Waals surface area (Å²) in [7, 11) is 4.70. The predicted molar refractivity (Wildman–Crippen MR) is 137 cm³/mol. The molecule has 1 N–H and O–H groups in total. The van der Waals surface area contributed by atoms with E-state index in [1.165, 1.54) is 12.8 Å². The van der Waals surface area contributed by atoms with E-state index in [2.05, 4.69) is 51.6 Å². The van der Waals surface area contributed by atoms with Gasteiger partial charge in [0.25, 0.3) is 0 Å². The molecule has 178 valence electrons. The van der Waals surface area contributed by atoms with Gasteiger partial charge in [0, 0.05) is 24.3 Å². The molecule has 0 aromatic heterocycles. The van der Waals surface area contributed by atoms with Gasteiger partial charge < -0.3 is 14.8 Å². The van der Waals surface area contributed by atoms with E-state index in [9.17, 15) is 4.79 Å². The van der Waals surface area contributed by atoms with Crippen LogP contribution in [0, 0.1) is 5.92 Å². The fourth-order valence-electron chi connectivity index (χ4n) is 4.65. The zero-order chi connectivity index (χ0) is 23.2. The molecule has 1 saturated carbocycles. The number of ketones is 1. The Morgan fingerprint density at radius 1 is 1.18 bits per heavy atom. The summed E-state index contributed by atoms with van der Waals surface area (Å²) in [4.78, 5) is 15.5. The van der Waals surface area contributed by atoms with Crippen molar-refractivity contribution >= 4 is 20.7 Å². The zero-order valence-electron chi connectivity index (χ0n) is 19.8. The summed E-state index contributed by atoms with van der Waals surface area (Å²) in [5.41, 5.74) is 4.22. The van der Waals surface area contributed by atoms with Crippen LogP contribution in [-0.4, -0.2) is 55.9 Å². The number of Topliss-reactive ketones (excluding diaryl/α,β-unsaturated/α-hetero) is 1. The van der Waals surface area contributed by atoms with Crippen molar-refractivity contribution in [3.63, 3.8) is 0 Å². The summed E-state index contributed by atoms with van der Waals surface area (Å²) < 4.78 is 11.7. The number of rotatable bonds is 12. The van der Waals surface area contributed by atoms with Gasteiger partial charge in [-0.1, -0.05) is 37.3 Å². The highest BCUT2D eigenvalue weighted by atomic mass is 31.0. The topological polar surface area (TPSA) is 50.8 Å². The molecule has 4 atom stereocenters. The third-order valence-corrected chi connectivity index (χ3v) is 7.02. The maximum Gasteiger partial charge on any atom is 0.180 e. The molecule has 2 aromatic carbocycles. The largest absolute Gasteiger partial charge is 0.382 e. The molecule has 0 spiro atoms. The second-order valence-electron chi connectivity index (χ2n) is 9.54. The Balaban J connectivity index is 1.37. The normalized spacial score (nSPS) is 21.2. The monoisotopic (exact) mass is 468 g/mol. The second-order valence-corrected chi connectivity index (χ2v) is 9.87. The number of fused-ring (bicyclic) bond motifs is 1. The number of ether oxygens (including phenoxy) is 2. The Bertz CT molecular complexity index is 919. The maximum absolute atomic E-state index is 13.2. The van der Waals surface area contributed by atoms with Gasteiger partial charge in [0.15, 0.2) is 5.78 Å². The van der Waals surface area contributed by atoms with Crippen molar-refractivity contribution in [2.75, 3.05) is 38.4 Å². The van der Waals surface area contributed by atoms with E-state index in [1.54, 1.807) is 0 Å². The quantitative estimate of drug-likeness (QED) is 0.448. The summed E-state index contributed by atoms with van der Waals surface area (Å²) >= 11 is 0. The van der Waals surface area contributed by atoms with E-state index in [0.717, 1.165) is 41.3 Å². The minimum Gasteiger partial charge on any atom is -0.382 e. The Kier molecular flexibility index (Phi) is 8.54. The summed E-state index contributed by atoms with van der Waals surface area (Å²) in [6, 6.07) is 16.4. The van der Waals surface area contributed by atoms with Crippen molar-refractivity contribution in [2.45, 2.75) is 50.9 Å². The molecule has 0 heterocycles. The predicted octanol–water partition coefficient (Wildman–Crippen LogP) is 4.93. The molecule has 6 heteroatoms. The first-order valence-corrected chi connectivity index (χ1v) is 12.9. The third-order valence-electron chi connectivity index (χ3n) is 6.79. The Labute approximate surface area is 200 Å². The Hall–Kier alpha value is -1.78. The Morgan fingerprint density at radius 2 is 1.97 bits per heavy atom. The van der Waals surface area contributed by atoms with Crippen LogP contribution in [0.15, 0.2) is 48.5 Å². The molecule has 2 aromatic rings. The molecule has 0 saturated heterocycles. The lowest BCUT2D eigenvalue weighted by Gasteiger charge is -2.34. The van der Waals surface area contributed by atoms with Crippen LogP contribution in [0.25, 0.3) is 0 Å². The van der Waals surface area contributed by atoms with Gasteiger partial charge in [0.1, 0.15) is 0 Å². The highest BCUT2D eigenvalue weighted by Crippen LogP contribution is 2.37. The molecule has 5 nitrogen and oxygen atoms in total. The summed E-state index contributed by atoms with van der Waals surface area (Å²) in [5.74, 6) is 1.42. The van der Waals surface area contributed by atoms with Crippen molar-refractivity contribution in [3.8, 4) is 0 Å². The van der Waals surface area contributed by atoms with Crippen molar-refractivity contribution < 1.29 is 14.3 Å². The molecule has 1 fully saturated rings. The lowest BCUT2D eigenvalue weighted by atomic mass is 9.79. The number of benzene rings is 2. The number of hydrogen-bond donors (Lipinski definition) is 1. The van der Waals surface area contributed by atoms with E-state index in [0.29, 0.717) is 32.0 Å². The van der Waals surface area contributed by atoms with Gasteiger partial charge in [-0.15, -0.1) is 9.24 Å². The van der Waals surface area contributed by atoms with Crippen LogP contribution in [0.1, 0.15) is 53.6 Å². The number of hydrogen-bond acceptors (Lipinski definition) is 5. The van der Waals surface area contributed by atoms with Crippen LogP contribution in [0.4, 0.5) is 5.69 Å². The molecule has 0 radical (unpaired) electrons. The van der Waals surface area contributed by atoms with Crippen LogP contribution in [0.2, 0.25) is 0 Å². The molecule has 33 heavy (non-hydrogen) atoms. The van der Waals surface area contributed by atoms with Gasteiger partial charge in [-0.25, -0.2) is 0 Å². The van der Waals surface area contributed by atoms with Gasteiger partial charge in [-0.05, 0) is 67.5 Å². The van der Waals surface area contributed by atoms with Gasteiger partial charge >= 0.3 is 0 Å². The number of anilines is 1. The van der Waals surface area contributed by atoms with Crippen molar-refractivity contribution in [3.05, 3.63) is 65.2 Å². The van der Waals surface area contributed by atoms with Gasteiger partial charge in [0.05, 0.1) is 31.7 Å². The van der Waals surface area contributed by atoms with Crippen molar-refractivity contribution in [1.82, 2.24) is 4.90 Å². The molecular weight excluding hydrogens is 431 g/mol. The Morgan fingerprint density at radius 3 is 2.70 bits per heavy atom. The minimum atomic E-state index is -0.0682. The van der Waals surface area contributed by atoms with Crippen LogP contribution in [0.3, 0.4) is 0 Å². The first-order chi connectivity index (χ1) is 16.0. The molecule has 4 unspecified atom stereocenters. The minimum absolute atomic E-state index is 0.00624. The number of nitrogens with one attached hydrogen (secondary N) is 1. The number of nitrogens with zero attached hydrogens (tertiary/aromatic N) is 1. The summed E-state index contributed by atoms with van der Waals surface area (Å²) in [5, 5.41) is 3.51. The van der Waals surface area contributed by atoms with E-state index in [-0.39, 0.29) is 17.9 Å². The van der Waals surface area contributed by atoms with E-state index in [4.69, 9.17) is 9.47 Å². The second kappa shape index (κ2) is 11.6. The van der Waals surface area contributed by atoms with Crippen molar-refractivity contribution in [1.29, 1.82) is 0 Å². The van der Waals surface area contributed by atoms with Gasteiger partial charge in [0.2, 0.25) is 0 Å². The fourth-order valence-corrected chi connectivity index (χ4v) is 4.79. The summed E-state index contributed by atoms with van der Waals surface area (Å²) in [6.07, 6.45) is 4.03. The van der Waals surface area contributed by atoms with Gasteiger partial charge in [-0.3, -0.25) is 9.69 Å². The average Bonchev–Trinajstić information content (AvgIpc) is 3.65. The summed E-state index contributed by atoms with van der Waals surface area (Å²) in [6.45, 7) is 5.01. The van der Waals surface area contributed by atoms with Gasteiger partial charge in [-0.2, -0.15) is 0 Å². The molecule has 2 aliphatic rings. The number of carbonyl (C=O) groups is 1. The molecular formula is C27H37N2O3P. The molecule has 0 amide bonds. The number of carbonyl (C=O) groups excluding carboxylic acids is 1. The maximum atomic E-state index is 13.2. The van der Waals surface area contributed by atoms with Crippen LogP contribution < -0.4 is 5.32 Å². The zero-order valence-corrected chi connectivity index (χ0v) is 21.0. The first-order valence-electron chi connectivity index (χ1n) is 12.1. The molecule has 0 aliphatic heterocycles. The smallest absolute Gasteiger partial charge is 0.180 e. The lowest BCUT2D eigenvalue weighted by Crippen LogP contribution is -2.43. The highest BCUT2D eigenvalue weighted by molar-refractivity contribution is 7.16. The third kappa shape index (κ3) is 6.64. The van der Waals surface area contributed by atoms with E-state index in [1.807, 2.05) is 30.3 Å². The van der Waals surface area contributed by atoms with Crippen LogP contribution >= 0.6 is 9.24 Å². The van der Waals surface area contributed by atoms with Crippen molar-refractivity contribution in [2.24, 2.45) is 5.92 Å². The molecule has 4 rings (SSSR count). The fraction of sp³-hybridized carbons (Fsp3) is 0.519. The van der Waals surface area contributed by atoms with E-state index < -0.39 is 0 Å². The average molecular weight is 469 g/mol. The first kappa shape index (κ1) is 24.3. The lowest BCUT2D eigenvalue weighted by molar-refractivity contribution is -0.00680. The van der Waals surface area contributed by atoms with E-state index >= 15 is 0 Å². The highest BCUT2D eigenvalue weighted by Gasteiger charge is 2.36. The van der Waals surface area contributed by atoms with Crippen LogP contribution in [-0.2, 0) is 16.1 Å². The van der Waals surface area contributed by atoms with Crippen LogP contribution in [0.5, 0.6) is 0 Å². The SMILES string of the molecule is CC1CC(N(C)CC2CC2)C(=O)c2ccc(NCC(COCP)OCc3ccccc3)cc21. The molecule has 0 bridgehead atoms. The standard InChI is InChI=1S/C27H37N2O3P/c1-19-12-26(29(2)15-20-8-9-20)27(30)24-11-10-22(13-25(19)24)28-14-23(17-31-18-33)32-16-21-6-4-3-5-7-21/h3-7,10-11,13,19-20,23,26,28H,8-9,12,14-18,33H2,1-2H3.